The molecule has 1 aliphatic carbocycles. The van der Waals surface area contributed by atoms with Crippen molar-refractivity contribution in [2.75, 3.05) is 11.0 Å². The van der Waals surface area contributed by atoms with Gasteiger partial charge in [0.2, 0.25) is 10.0 Å². The first-order chi connectivity index (χ1) is 9.65. The number of furan rings is 1. The van der Waals surface area contributed by atoms with Gasteiger partial charge in [-0.3, -0.25) is 9.52 Å². The van der Waals surface area contributed by atoms with Gasteiger partial charge in [0.15, 0.2) is 5.78 Å². The van der Waals surface area contributed by atoms with Crippen LogP contribution in [0.25, 0.3) is 11.0 Å². The van der Waals surface area contributed by atoms with E-state index >= 15 is 0 Å². The molecule has 5 nitrogen and oxygen atoms in total. The van der Waals surface area contributed by atoms with E-state index in [-0.39, 0.29) is 11.2 Å². The van der Waals surface area contributed by atoms with Crippen molar-refractivity contribution in [3.05, 3.63) is 29.5 Å². The number of ketones is 1. The molecule has 3 rings (SSSR count). The van der Waals surface area contributed by atoms with Crippen molar-refractivity contribution >= 4 is 32.5 Å². The number of fused-ring (bicyclic) bond motifs is 3. The maximum absolute atomic E-state index is 12.4. The van der Waals surface area contributed by atoms with Gasteiger partial charge in [-0.25, -0.2) is 8.42 Å². The minimum absolute atomic E-state index is 0.0523. The highest BCUT2D eigenvalue weighted by molar-refractivity contribution is 7.92. The fraction of sp³-hybridized carbons (Fsp3) is 0.400. The van der Waals surface area contributed by atoms with Gasteiger partial charge in [0, 0.05) is 23.9 Å². The number of carbonyl (C=O) groups is 1. The summed E-state index contributed by atoms with van der Waals surface area (Å²) in [5, 5.41) is 0.680. The SMILES string of the molecule is CC1(C)CC(=O)c2c(oc3ccc(NS(C)(=O)=O)cc23)C1. The number of hydrogen-bond acceptors (Lipinski definition) is 4. The van der Waals surface area contributed by atoms with Crippen LogP contribution in [0.3, 0.4) is 0 Å². The van der Waals surface area contributed by atoms with Crippen molar-refractivity contribution in [2.45, 2.75) is 26.7 Å². The molecule has 1 aliphatic rings. The Morgan fingerprint density at radius 1 is 1.24 bits per heavy atom. The Bertz CT molecular complexity index is 846. The Labute approximate surface area is 123 Å². The third-order valence-electron chi connectivity index (χ3n) is 3.62. The largest absolute Gasteiger partial charge is 0.460 e. The highest BCUT2D eigenvalue weighted by atomic mass is 32.2. The molecule has 1 aromatic carbocycles. The lowest BCUT2D eigenvalue weighted by Crippen LogP contribution is -2.25. The lowest BCUT2D eigenvalue weighted by molar-refractivity contribution is 0.0906. The van der Waals surface area contributed by atoms with Gasteiger partial charge in [-0.05, 0) is 23.6 Å². The number of sulfonamides is 1. The van der Waals surface area contributed by atoms with Gasteiger partial charge in [-0.1, -0.05) is 13.8 Å². The lowest BCUT2D eigenvalue weighted by Gasteiger charge is -2.27. The van der Waals surface area contributed by atoms with E-state index in [9.17, 15) is 13.2 Å². The maximum atomic E-state index is 12.4. The Morgan fingerprint density at radius 2 is 1.95 bits per heavy atom. The summed E-state index contributed by atoms with van der Waals surface area (Å²) in [5.41, 5.74) is 1.55. The number of Topliss-reactive ketones (excluding diaryl/α,β-unsaturated/α-hetero) is 1. The lowest BCUT2D eigenvalue weighted by atomic mass is 9.76. The summed E-state index contributed by atoms with van der Waals surface area (Å²) in [6, 6.07) is 4.99. The summed E-state index contributed by atoms with van der Waals surface area (Å²) in [5.74, 6) is 0.749. The minimum Gasteiger partial charge on any atom is -0.460 e. The topological polar surface area (TPSA) is 76.4 Å². The number of carbonyl (C=O) groups excluding carboxylic acids is 1. The van der Waals surface area contributed by atoms with E-state index in [1.54, 1.807) is 18.2 Å². The maximum Gasteiger partial charge on any atom is 0.229 e. The molecule has 6 heteroatoms. The van der Waals surface area contributed by atoms with Crippen LogP contribution in [-0.2, 0) is 16.4 Å². The fourth-order valence-electron chi connectivity index (χ4n) is 2.88. The molecule has 0 aliphatic heterocycles. The molecule has 0 atom stereocenters. The van der Waals surface area contributed by atoms with Crippen LogP contribution in [0.15, 0.2) is 22.6 Å². The van der Waals surface area contributed by atoms with Crippen LogP contribution < -0.4 is 4.72 Å². The summed E-state index contributed by atoms with van der Waals surface area (Å²) in [4.78, 5) is 12.4. The van der Waals surface area contributed by atoms with Crippen LogP contribution in [0.5, 0.6) is 0 Å². The first-order valence-electron chi connectivity index (χ1n) is 6.71. The van der Waals surface area contributed by atoms with Crippen LogP contribution in [0.4, 0.5) is 5.69 Å². The molecule has 0 saturated carbocycles. The summed E-state index contributed by atoms with van der Waals surface area (Å²) >= 11 is 0. The molecule has 0 amide bonds. The van der Waals surface area contributed by atoms with Gasteiger partial charge < -0.3 is 4.42 Å². The summed E-state index contributed by atoms with van der Waals surface area (Å²) in [7, 11) is -3.35. The standard InChI is InChI=1S/C15H17NO4S/c1-15(2)7-11(17)14-10-6-9(16-21(3,18)19)4-5-12(10)20-13(14)8-15/h4-6,16H,7-8H2,1-3H3. The molecule has 0 fully saturated rings. The third kappa shape index (κ3) is 2.68. The van der Waals surface area contributed by atoms with E-state index in [1.807, 2.05) is 13.8 Å². The molecule has 112 valence electrons. The van der Waals surface area contributed by atoms with Crippen molar-refractivity contribution < 1.29 is 17.6 Å². The van der Waals surface area contributed by atoms with E-state index in [2.05, 4.69) is 4.72 Å². The van der Waals surface area contributed by atoms with Gasteiger partial charge in [-0.15, -0.1) is 0 Å². The first-order valence-corrected chi connectivity index (χ1v) is 8.60. The fourth-order valence-corrected chi connectivity index (χ4v) is 3.43. The average Bonchev–Trinajstić information content (AvgIpc) is 2.62. The van der Waals surface area contributed by atoms with E-state index < -0.39 is 10.0 Å². The smallest absolute Gasteiger partial charge is 0.229 e. The Balaban J connectivity index is 2.15. The minimum atomic E-state index is -3.35. The Kier molecular flexibility index (Phi) is 2.92. The zero-order chi connectivity index (χ0) is 15.4. The molecular weight excluding hydrogens is 290 g/mol. The molecule has 1 N–H and O–H groups in total. The molecular formula is C15H17NO4S. The van der Waals surface area contributed by atoms with Crippen molar-refractivity contribution in [3.63, 3.8) is 0 Å². The molecule has 0 bridgehead atoms. The van der Waals surface area contributed by atoms with E-state index in [0.29, 0.717) is 40.8 Å². The predicted molar refractivity (Wildman–Crippen MR) is 81.1 cm³/mol. The average molecular weight is 307 g/mol. The van der Waals surface area contributed by atoms with E-state index in [1.165, 1.54) is 0 Å². The van der Waals surface area contributed by atoms with E-state index in [0.717, 1.165) is 6.26 Å². The molecule has 1 heterocycles. The number of nitrogens with one attached hydrogen (secondary N) is 1. The second-order valence-electron chi connectivity index (χ2n) is 6.43. The third-order valence-corrected chi connectivity index (χ3v) is 4.23. The van der Waals surface area contributed by atoms with Gasteiger partial charge >= 0.3 is 0 Å². The zero-order valence-electron chi connectivity index (χ0n) is 12.2. The summed E-state index contributed by atoms with van der Waals surface area (Å²) in [6.07, 6.45) is 2.27. The van der Waals surface area contributed by atoms with Crippen molar-refractivity contribution in [1.82, 2.24) is 0 Å². The second-order valence-corrected chi connectivity index (χ2v) is 8.17. The van der Waals surface area contributed by atoms with Crippen molar-refractivity contribution in [3.8, 4) is 0 Å². The van der Waals surface area contributed by atoms with Gasteiger partial charge in [-0.2, -0.15) is 0 Å². The van der Waals surface area contributed by atoms with Crippen LogP contribution in [0.2, 0.25) is 0 Å². The first kappa shape index (κ1) is 14.1. The molecule has 0 saturated heterocycles. The van der Waals surface area contributed by atoms with Crippen LogP contribution in [-0.4, -0.2) is 20.5 Å². The normalized spacial score (nSPS) is 17.8. The van der Waals surface area contributed by atoms with Gasteiger partial charge in [0.25, 0.3) is 0 Å². The second kappa shape index (κ2) is 4.34. The van der Waals surface area contributed by atoms with Gasteiger partial charge in [0.1, 0.15) is 11.3 Å². The summed E-state index contributed by atoms with van der Waals surface area (Å²) < 4.78 is 30.8. The van der Waals surface area contributed by atoms with Crippen molar-refractivity contribution in [1.29, 1.82) is 0 Å². The summed E-state index contributed by atoms with van der Waals surface area (Å²) in [6.45, 7) is 4.08. The number of hydrogen-bond donors (Lipinski definition) is 1. The molecule has 0 radical (unpaired) electrons. The highest BCUT2D eigenvalue weighted by Crippen LogP contribution is 2.40. The number of rotatable bonds is 2. The highest BCUT2D eigenvalue weighted by Gasteiger charge is 2.35. The molecule has 2 aromatic rings. The predicted octanol–water partition coefficient (Wildman–Crippen LogP) is 2.96. The Hall–Kier alpha value is -1.82. The van der Waals surface area contributed by atoms with Crippen LogP contribution in [0, 0.1) is 5.41 Å². The monoisotopic (exact) mass is 307 g/mol. The van der Waals surface area contributed by atoms with Gasteiger partial charge in [0.05, 0.1) is 11.8 Å². The molecule has 0 spiro atoms. The van der Waals surface area contributed by atoms with Crippen LogP contribution >= 0.6 is 0 Å². The molecule has 21 heavy (non-hydrogen) atoms. The van der Waals surface area contributed by atoms with Crippen LogP contribution in [0.1, 0.15) is 36.4 Å². The van der Waals surface area contributed by atoms with E-state index in [4.69, 9.17) is 4.42 Å². The Morgan fingerprint density at radius 3 is 2.62 bits per heavy atom. The molecule has 0 unspecified atom stereocenters. The zero-order valence-corrected chi connectivity index (χ0v) is 13.0. The number of benzene rings is 1. The van der Waals surface area contributed by atoms with Crippen molar-refractivity contribution in [2.24, 2.45) is 5.41 Å². The number of anilines is 1. The quantitative estimate of drug-likeness (QED) is 0.925. The molecule has 1 aromatic heterocycles.